The van der Waals surface area contributed by atoms with Gasteiger partial charge in [-0.15, -0.1) is 11.3 Å². The number of ether oxygens (including phenoxy) is 2. The summed E-state index contributed by atoms with van der Waals surface area (Å²) in [5, 5.41) is 19.2. The molecule has 6 atom stereocenters. The van der Waals surface area contributed by atoms with E-state index in [1.807, 2.05) is 52.1 Å². The largest absolute Gasteiger partial charge is 0.453 e. The maximum Gasteiger partial charge on any atom is 0.409 e. The third-order valence-corrected chi connectivity index (χ3v) is 13.3. The monoisotopic (exact) mass is 923 g/mol. The second-order valence-corrected chi connectivity index (χ2v) is 19.6. The summed E-state index contributed by atoms with van der Waals surface area (Å²) in [6.45, 7) is 17.5. The van der Waals surface area contributed by atoms with Gasteiger partial charge in [0.1, 0.15) is 12.1 Å². The molecule has 1 aliphatic heterocycles. The minimum absolute atomic E-state index is 0. The first-order valence-corrected chi connectivity index (χ1v) is 23.5. The summed E-state index contributed by atoms with van der Waals surface area (Å²) >= 11 is 1.40. The Bertz CT molecular complexity index is 2290. The summed E-state index contributed by atoms with van der Waals surface area (Å²) in [5.41, 5.74) is 12.1. The molecule has 16 nitrogen and oxygen atoms in total. The maximum absolute atomic E-state index is 14.3. The van der Waals surface area contributed by atoms with Crippen LogP contribution in [-0.2, 0) is 48.1 Å². The number of benzene rings is 1. The highest BCUT2D eigenvalue weighted by molar-refractivity contribution is 7.10. The van der Waals surface area contributed by atoms with E-state index in [-0.39, 0.29) is 58.2 Å². The predicted molar refractivity (Wildman–Crippen MR) is 257 cm³/mol. The SMILES string of the molecule is CCn1c(-c2cccnc2[C@H](C)OC)c(CC(C)(C)COO)c2cc(-c3csc(C[C@H](NC(=O)[C@H](C(C)C)N(C)C(=O)[C@@H]4CN(C(=O)OC)C[C@@H]4C)C(=O)NCCC[C@@H](C)N)n3)ccc21.[HH].[HH]. The van der Waals surface area contributed by atoms with Crippen molar-refractivity contribution in [2.45, 2.75) is 112 Å². The maximum atomic E-state index is 14.3. The quantitative estimate of drug-likeness (QED) is 0.0374. The highest BCUT2D eigenvalue weighted by Gasteiger charge is 2.42. The molecule has 4 heterocycles. The molecule has 0 unspecified atom stereocenters. The number of rotatable bonds is 21. The van der Waals surface area contributed by atoms with E-state index in [0.29, 0.717) is 37.5 Å². The van der Waals surface area contributed by atoms with Crippen molar-refractivity contribution < 1.29 is 41.6 Å². The number of fused-ring (bicyclic) bond motifs is 1. The number of nitrogens with zero attached hydrogens (tertiary/aromatic N) is 5. The van der Waals surface area contributed by atoms with Crippen molar-refractivity contribution in [3.05, 3.63) is 58.2 Å². The lowest BCUT2D eigenvalue weighted by Gasteiger charge is -2.33. The molecule has 0 spiro atoms. The number of carbonyl (C=O) groups is 4. The third-order valence-electron chi connectivity index (χ3n) is 12.4. The molecule has 4 aromatic rings. The molecule has 4 amide bonds. The average molecular weight is 923 g/mol. The van der Waals surface area contributed by atoms with Gasteiger partial charge in [-0.3, -0.25) is 24.6 Å². The van der Waals surface area contributed by atoms with Crippen molar-refractivity contribution in [1.82, 2.24) is 35.0 Å². The predicted octanol–water partition coefficient (Wildman–Crippen LogP) is 7.19. The molecule has 0 aliphatic carbocycles. The van der Waals surface area contributed by atoms with Crippen LogP contribution < -0.4 is 16.4 Å². The van der Waals surface area contributed by atoms with Crippen LogP contribution in [0.25, 0.3) is 33.4 Å². The zero-order chi connectivity index (χ0) is 47.7. The number of hydrogen-bond donors (Lipinski definition) is 4. The summed E-state index contributed by atoms with van der Waals surface area (Å²) in [6.07, 6.45) is 3.11. The number of amides is 4. The fourth-order valence-corrected chi connectivity index (χ4v) is 9.83. The van der Waals surface area contributed by atoms with Crippen LogP contribution in [0.2, 0.25) is 0 Å². The lowest BCUT2D eigenvalue weighted by molar-refractivity contribution is -0.259. The summed E-state index contributed by atoms with van der Waals surface area (Å²) in [4.78, 5) is 71.9. The summed E-state index contributed by atoms with van der Waals surface area (Å²) < 4.78 is 13.0. The topological polar surface area (TPSA) is 203 Å². The van der Waals surface area contributed by atoms with Crippen LogP contribution in [-0.4, -0.2) is 119 Å². The lowest BCUT2D eigenvalue weighted by Crippen LogP contribution is -2.57. The van der Waals surface area contributed by atoms with Gasteiger partial charge in [0.15, 0.2) is 0 Å². The van der Waals surface area contributed by atoms with Crippen LogP contribution in [0.15, 0.2) is 41.9 Å². The fourth-order valence-electron chi connectivity index (χ4n) is 8.98. The van der Waals surface area contributed by atoms with Crippen LogP contribution in [0.4, 0.5) is 4.79 Å². The van der Waals surface area contributed by atoms with Crippen molar-refractivity contribution in [1.29, 1.82) is 0 Å². The zero-order valence-electron chi connectivity index (χ0n) is 40.0. The van der Waals surface area contributed by atoms with Gasteiger partial charge in [-0.2, -0.15) is 0 Å². The van der Waals surface area contributed by atoms with Crippen LogP contribution in [0.3, 0.4) is 0 Å². The van der Waals surface area contributed by atoms with Gasteiger partial charge in [-0.05, 0) is 87.1 Å². The fraction of sp³-hybridized carbons (Fsp3) is 0.583. The number of aromatic nitrogens is 3. The molecule has 65 heavy (non-hydrogen) atoms. The van der Waals surface area contributed by atoms with E-state index in [2.05, 4.69) is 54.2 Å². The van der Waals surface area contributed by atoms with Crippen LogP contribution in [0.1, 0.15) is 93.5 Å². The number of likely N-dealkylation sites (tertiary alicyclic amines) is 1. The van der Waals surface area contributed by atoms with E-state index in [9.17, 15) is 24.4 Å². The number of carbonyl (C=O) groups excluding carboxylic acids is 4. The molecule has 3 aromatic heterocycles. The molecule has 0 bridgehead atoms. The summed E-state index contributed by atoms with van der Waals surface area (Å²) in [7, 11) is 4.59. The molecule has 5 N–H and O–H groups in total. The van der Waals surface area contributed by atoms with Crippen molar-refractivity contribution in [3.8, 4) is 22.5 Å². The van der Waals surface area contributed by atoms with Crippen LogP contribution >= 0.6 is 11.3 Å². The van der Waals surface area contributed by atoms with E-state index in [1.165, 1.54) is 28.2 Å². The molecule has 1 aliphatic rings. The van der Waals surface area contributed by atoms with Gasteiger partial charge in [0.2, 0.25) is 17.7 Å². The van der Waals surface area contributed by atoms with Crippen LogP contribution in [0.5, 0.6) is 0 Å². The van der Waals surface area contributed by atoms with Gasteiger partial charge in [0, 0.05) is 89.3 Å². The second kappa shape index (κ2) is 22.5. The van der Waals surface area contributed by atoms with Crippen LogP contribution in [0, 0.1) is 23.2 Å². The average Bonchev–Trinajstić information content (AvgIpc) is 3.98. The van der Waals surface area contributed by atoms with Crippen molar-refractivity contribution in [2.24, 2.45) is 28.9 Å². The van der Waals surface area contributed by atoms with E-state index >= 15 is 0 Å². The number of hydrogen-bond acceptors (Lipinski definition) is 12. The first-order chi connectivity index (χ1) is 30.9. The molecule has 360 valence electrons. The first-order valence-electron chi connectivity index (χ1n) is 22.6. The van der Waals surface area contributed by atoms with E-state index < -0.39 is 35.4 Å². The van der Waals surface area contributed by atoms with Gasteiger partial charge >= 0.3 is 6.09 Å². The number of aryl methyl sites for hydroxylation is 1. The van der Waals surface area contributed by atoms with Crippen molar-refractivity contribution in [2.75, 3.05) is 47.5 Å². The number of nitrogens with two attached hydrogens (primary N) is 1. The Labute approximate surface area is 390 Å². The third kappa shape index (κ3) is 12.1. The number of pyridine rings is 1. The zero-order valence-corrected chi connectivity index (χ0v) is 40.8. The Balaban J connectivity index is 0.00000595. The highest BCUT2D eigenvalue weighted by atomic mass is 32.1. The molecule has 0 radical (unpaired) electrons. The Kier molecular flexibility index (Phi) is 17.7. The van der Waals surface area contributed by atoms with E-state index in [4.69, 9.17) is 30.1 Å². The molecule has 1 saturated heterocycles. The van der Waals surface area contributed by atoms with Crippen molar-refractivity contribution in [3.63, 3.8) is 0 Å². The van der Waals surface area contributed by atoms with Crippen molar-refractivity contribution >= 4 is 46.1 Å². The molecule has 5 rings (SSSR count). The molecule has 17 heteroatoms. The minimum Gasteiger partial charge on any atom is -0.453 e. The number of likely N-dealkylation sites (N-methyl/N-ethyl adjacent to an activating group) is 1. The van der Waals surface area contributed by atoms with Gasteiger partial charge in [-0.1, -0.05) is 40.7 Å². The number of nitrogens with one attached hydrogen (secondary N) is 2. The molecular formula is C48H74N8O8S. The van der Waals surface area contributed by atoms with Gasteiger partial charge in [0.25, 0.3) is 0 Å². The smallest absolute Gasteiger partial charge is 0.409 e. The van der Waals surface area contributed by atoms with E-state index in [0.717, 1.165) is 51.1 Å². The second-order valence-electron chi connectivity index (χ2n) is 18.6. The number of methoxy groups -OCH3 is 2. The van der Waals surface area contributed by atoms with Gasteiger partial charge in [-0.25, -0.2) is 14.7 Å². The number of thiazole rings is 1. The summed E-state index contributed by atoms with van der Waals surface area (Å²) in [6, 6.07) is 8.40. The normalized spacial score (nSPS) is 17.2. The molecule has 1 aromatic carbocycles. The summed E-state index contributed by atoms with van der Waals surface area (Å²) in [5.74, 6) is -2.02. The minimum atomic E-state index is -0.990. The molecule has 1 fully saturated rings. The van der Waals surface area contributed by atoms with Gasteiger partial charge in [0.05, 0.1) is 47.8 Å². The molecule has 0 saturated carbocycles. The Morgan fingerprint density at radius 2 is 1.85 bits per heavy atom. The lowest BCUT2D eigenvalue weighted by atomic mass is 9.84. The Morgan fingerprint density at radius 3 is 2.49 bits per heavy atom. The standard InChI is InChI=1S/C48H70N8O8S.2H2/c1-12-56-39-18-17-32(21-34(39)35(23-48(7,8)27-64-61)43(56)33-16-14-19-50-41(33)31(6)62-10)38-26-65-40(52-38)22-37(44(57)51-20-13-15-30(5)49)53-45(58)42(28(2)3)54(9)46(59)36-25-55(24-29(36)4)47(60)63-11;;/h14,16-19,21,26,28-31,36-37,42,61H,12-13,15,20,22-25,27,49H2,1-11H3,(H,51,57)(H,53,58);2*1H/t29-,30+,31-,36+,37-,42-;;/m0../s1. The Hall–Kier alpha value is -4.94. The Morgan fingerprint density at radius 1 is 1.11 bits per heavy atom. The van der Waals surface area contributed by atoms with E-state index in [1.54, 1.807) is 20.4 Å². The highest BCUT2D eigenvalue weighted by Crippen LogP contribution is 2.42. The molecular weight excluding hydrogens is 849 g/mol. The first kappa shape index (κ1) is 51.1. The van der Waals surface area contributed by atoms with Gasteiger partial charge < -0.3 is 40.2 Å².